The van der Waals surface area contributed by atoms with Crippen molar-refractivity contribution < 1.29 is 23.1 Å². The number of rotatable bonds is 5. The van der Waals surface area contributed by atoms with Gasteiger partial charge in [0, 0.05) is 22.3 Å². The number of carboxylic acids is 1. The molecule has 0 amide bonds. The van der Waals surface area contributed by atoms with E-state index in [9.17, 15) is 13.2 Å². The highest BCUT2D eigenvalue weighted by Gasteiger charge is 2.17. The topological polar surface area (TPSA) is 93.6 Å². The number of ether oxygens (including phenoxy) is 1. The Balaban J connectivity index is 2.46. The molecule has 0 aliphatic carbocycles. The summed E-state index contributed by atoms with van der Waals surface area (Å²) >= 11 is 0. The average Bonchev–Trinajstić information content (AvgIpc) is 2.37. The monoisotopic (exact) mass is 315 g/mol. The molecule has 1 aromatic heterocycles. The van der Waals surface area contributed by atoms with Crippen molar-refractivity contribution >= 4 is 36.6 Å². The predicted octanol–water partition coefficient (Wildman–Crippen LogP) is 2.02. The summed E-state index contributed by atoms with van der Waals surface area (Å²) in [5.74, 6) is -0.673. The molecule has 0 bridgehead atoms. The zero-order valence-corrected chi connectivity index (χ0v) is 11.7. The van der Waals surface area contributed by atoms with E-state index in [2.05, 4.69) is 4.98 Å². The van der Waals surface area contributed by atoms with Gasteiger partial charge in [0.05, 0.1) is 17.9 Å². The number of hydrogen-bond donors (Lipinski definition) is 1. The zero-order valence-electron chi connectivity index (χ0n) is 10.1. The van der Waals surface area contributed by atoms with E-state index in [0.717, 1.165) is 0 Å². The summed E-state index contributed by atoms with van der Waals surface area (Å²) < 4.78 is 28.3. The van der Waals surface area contributed by atoms with E-state index in [-0.39, 0.29) is 17.9 Å². The molecular weight excluding hydrogens is 306 g/mol. The third-order valence-corrected chi connectivity index (χ3v) is 3.91. The second-order valence-corrected chi connectivity index (χ2v) is 6.43. The molecule has 1 aromatic carbocycles. The van der Waals surface area contributed by atoms with Crippen molar-refractivity contribution in [3.63, 3.8) is 0 Å². The number of carbonyl (C=O) groups is 1. The maximum Gasteiger partial charge on any atom is 0.306 e. The van der Waals surface area contributed by atoms with Crippen LogP contribution in [0.25, 0.3) is 10.9 Å². The Bertz CT molecular complexity index is 760. The SMILES string of the molecule is O=C(O)CCOc1ccc(S(=O)(=O)Cl)c2cccnc12. The van der Waals surface area contributed by atoms with Crippen LogP contribution >= 0.6 is 10.7 Å². The van der Waals surface area contributed by atoms with Crippen molar-refractivity contribution in [3.05, 3.63) is 30.5 Å². The number of pyridine rings is 1. The molecule has 1 N–H and O–H groups in total. The molecule has 0 saturated heterocycles. The second kappa shape index (κ2) is 5.64. The Morgan fingerprint density at radius 3 is 2.75 bits per heavy atom. The van der Waals surface area contributed by atoms with Gasteiger partial charge in [-0.25, -0.2) is 8.42 Å². The number of fused-ring (bicyclic) bond motifs is 1. The first-order valence-corrected chi connectivity index (χ1v) is 7.87. The average molecular weight is 316 g/mol. The summed E-state index contributed by atoms with van der Waals surface area (Å²) in [6.45, 7) is -0.0338. The van der Waals surface area contributed by atoms with Crippen LogP contribution in [0.4, 0.5) is 0 Å². The summed E-state index contributed by atoms with van der Waals surface area (Å²) in [5, 5.41) is 8.89. The van der Waals surface area contributed by atoms with Gasteiger partial charge in [0.2, 0.25) is 0 Å². The van der Waals surface area contributed by atoms with Crippen molar-refractivity contribution in [1.29, 1.82) is 0 Å². The summed E-state index contributed by atoms with van der Waals surface area (Å²) in [7, 11) is 1.46. The Labute approximate surface area is 119 Å². The third kappa shape index (κ3) is 3.17. The standard InChI is InChI=1S/C12H10ClNO5S/c13-20(17,18)10-4-3-9(19-7-5-11(15)16)12-8(10)2-1-6-14-12/h1-4,6H,5,7H2,(H,15,16). The second-order valence-electron chi connectivity index (χ2n) is 3.89. The van der Waals surface area contributed by atoms with Crippen LogP contribution in [0.15, 0.2) is 35.4 Å². The maximum absolute atomic E-state index is 11.5. The summed E-state index contributed by atoms with van der Waals surface area (Å²) in [6, 6.07) is 5.85. The molecule has 106 valence electrons. The summed E-state index contributed by atoms with van der Waals surface area (Å²) in [4.78, 5) is 14.4. The Hall–Kier alpha value is -1.86. The number of aromatic nitrogens is 1. The largest absolute Gasteiger partial charge is 0.491 e. The lowest BCUT2D eigenvalue weighted by Crippen LogP contribution is -2.05. The molecule has 6 nitrogen and oxygen atoms in total. The summed E-state index contributed by atoms with van der Waals surface area (Å²) in [5.41, 5.74) is 0.319. The van der Waals surface area contributed by atoms with E-state index in [4.69, 9.17) is 20.5 Å². The van der Waals surface area contributed by atoms with Gasteiger partial charge in [-0.1, -0.05) is 0 Å². The van der Waals surface area contributed by atoms with Crippen LogP contribution in [0.1, 0.15) is 6.42 Å². The fourth-order valence-electron chi connectivity index (χ4n) is 1.70. The first-order valence-electron chi connectivity index (χ1n) is 5.56. The molecule has 20 heavy (non-hydrogen) atoms. The van der Waals surface area contributed by atoms with Crippen LogP contribution in [0.5, 0.6) is 5.75 Å². The van der Waals surface area contributed by atoms with Crippen LogP contribution in [-0.4, -0.2) is 31.1 Å². The molecule has 0 radical (unpaired) electrons. The van der Waals surface area contributed by atoms with E-state index in [0.29, 0.717) is 16.7 Å². The van der Waals surface area contributed by atoms with E-state index in [1.54, 1.807) is 12.1 Å². The van der Waals surface area contributed by atoms with Gasteiger partial charge in [-0.2, -0.15) is 0 Å². The van der Waals surface area contributed by atoms with Crippen LogP contribution in [0.2, 0.25) is 0 Å². The molecule has 0 aliphatic heterocycles. The van der Waals surface area contributed by atoms with Crippen molar-refractivity contribution in [1.82, 2.24) is 4.98 Å². The Morgan fingerprint density at radius 1 is 1.35 bits per heavy atom. The van der Waals surface area contributed by atoms with Crippen molar-refractivity contribution in [2.24, 2.45) is 0 Å². The molecule has 8 heteroatoms. The van der Waals surface area contributed by atoms with Crippen molar-refractivity contribution in [2.45, 2.75) is 11.3 Å². The van der Waals surface area contributed by atoms with Crippen molar-refractivity contribution in [2.75, 3.05) is 6.61 Å². The third-order valence-electron chi connectivity index (χ3n) is 2.53. The number of carboxylic acid groups (broad SMARTS) is 1. The molecule has 0 spiro atoms. The Kier molecular flexibility index (Phi) is 4.10. The van der Waals surface area contributed by atoms with Gasteiger partial charge >= 0.3 is 5.97 Å². The quantitative estimate of drug-likeness (QED) is 0.848. The molecule has 0 unspecified atom stereocenters. The molecule has 0 aliphatic rings. The molecule has 1 heterocycles. The highest BCUT2D eigenvalue weighted by molar-refractivity contribution is 8.14. The lowest BCUT2D eigenvalue weighted by atomic mass is 10.2. The van der Waals surface area contributed by atoms with Crippen LogP contribution in [0.3, 0.4) is 0 Å². The fraction of sp³-hybridized carbons (Fsp3) is 0.167. The smallest absolute Gasteiger partial charge is 0.306 e. The number of halogens is 1. The van der Waals surface area contributed by atoms with E-state index in [1.165, 1.54) is 18.3 Å². The number of aliphatic carboxylic acids is 1. The lowest BCUT2D eigenvalue weighted by Gasteiger charge is -2.09. The van der Waals surface area contributed by atoms with Gasteiger partial charge in [0.25, 0.3) is 9.05 Å². The molecule has 0 saturated carbocycles. The predicted molar refractivity (Wildman–Crippen MR) is 72.5 cm³/mol. The highest BCUT2D eigenvalue weighted by Crippen LogP contribution is 2.31. The van der Waals surface area contributed by atoms with Crippen LogP contribution in [0, 0.1) is 0 Å². The summed E-state index contributed by atoms with van der Waals surface area (Å²) in [6.07, 6.45) is 1.32. The van der Waals surface area contributed by atoms with Gasteiger partial charge in [-0.05, 0) is 24.3 Å². The fourth-order valence-corrected chi connectivity index (χ4v) is 2.76. The van der Waals surface area contributed by atoms with E-state index >= 15 is 0 Å². The van der Waals surface area contributed by atoms with Crippen molar-refractivity contribution in [3.8, 4) is 5.75 Å². The number of hydrogen-bond acceptors (Lipinski definition) is 5. The first kappa shape index (κ1) is 14.5. The first-order chi connectivity index (χ1) is 9.39. The highest BCUT2D eigenvalue weighted by atomic mass is 35.7. The normalized spacial score (nSPS) is 11.4. The zero-order chi connectivity index (χ0) is 14.8. The van der Waals surface area contributed by atoms with Gasteiger partial charge in [0.15, 0.2) is 0 Å². The molecule has 2 aromatic rings. The van der Waals surface area contributed by atoms with Gasteiger partial charge in [0.1, 0.15) is 11.3 Å². The van der Waals surface area contributed by atoms with Gasteiger partial charge in [-0.3, -0.25) is 9.78 Å². The van der Waals surface area contributed by atoms with Crippen LogP contribution in [-0.2, 0) is 13.8 Å². The minimum Gasteiger partial charge on any atom is -0.491 e. The Morgan fingerprint density at radius 2 is 2.10 bits per heavy atom. The minimum absolute atomic E-state index is 0.0338. The van der Waals surface area contributed by atoms with Crippen LogP contribution < -0.4 is 4.74 Å². The lowest BCUT2D eigenvalue weighted by molar-refractivity contribution is -0.137. The number of nitrogens with zero attached hydrogens (tertiary/aromatic N) is 1. The minimum atomic E-state index is -3.90. The number of benzene rings is 1. The molecule has 0 atom stereocenters. The maximum atomic E-state index is 11.5. The molecule has 2 rings (SSSR count). The van der Waals surface area contributed by atoms with Gasteiger partial charge < -0.3 is 9.84 Å². The molecular formula is C12H10ClNO5S. The van der Waals surface area contributed by atoms with E-state index in [1.807, 2.05) is 0 Å². The molecule has 0 fully saturated rings. The van der Waals surface area contributed by atoms with E-state index < -0.39 is 15.0 Å². The van der Waals surface area contributed by atoms with Gasteiger partial charge in [-0.15, -0.1) is 0 Å².